The highest BCUT2D eigenvalue weighted by molar-refractivity contribution is 6.04. The molecule has 108 valence electrons. The smallest absolute Gasteiger partial charge is 0.331 e. The summed E-state index contributed by atoms with van der Waals surface area (Å²) in [7, 11) is 0. The fourth-order valence-electron chi connectivity index (χ4n) is 2.48. The quantitative estimate of drug-likeness (QED) is 0.789. The van der Waals surface area contributed by atoms with Gasteiger partial charge in [-0.1, -0.05) is 43.7 Å². The maximum Gasteiger partial charge on any atom is 0.331 e. The lowest BCUT2D eigenvalue weighted by atomic mass is 9.93. The maximum atomic E-state index is 12.3. The summed E-state index contributed by atoms with van der Waals surface area (Å²) < 4.78 is 5.49. The van der Waals surface area contributed by atoms with E-state index in [9.17, 15) is 4.79 Å². The van der Waals surface area contributed by atoms with Crippen molar-refractivity contribution in [3.05, 3.63) is 35.9 Å². The van der Waals surface area contributed by atoms with Crippen molar-refractivity contribution in [3.8, 4) is 0 Å². The molecule has 0 bridgehead atoms. The zero-order chi connectivity index (χ0) is 14.8. The molecule has 3 heteroatoms. The first-order chi connectivity index (χ1) is 9.40. The molecule has 0 saturated heterocycles. The molecule has 0 spiro atoms. The van der Waals surface area contributed by atoms with Crippen LogP contribution in [0.5, 0.6) is 0 Å². The molecule has 3 nitrogen and oxygen atoms in total. The van der Waals surface area contributed by atoms with E-state index < -0.39 is 5.60 Å². The second kappa shape index (κ2) is 5.78. The SMILES string of the molecule is CC[C@@H]1CC(c2ccccc2)=N[C@@H]1C(=O)OC(C)(C)C. The Morgan fingerprint density at radius 1 is 1.30 bits per heavy atom. The van der Waals surface area contributed by atoms with E-state index in [0.717, 1.165) is 24.1 Å². The zero-order valence-electron chi connectivity index (χ0n) is 12.7. The number of hydrogen-bond donors (Lipinski definition) is 0. The van der Waals surface area contributed by atoms with Crippen molar-refractivity contribution in [2.45, 2.75) is 52.2 Å². The van der Waals surface area contributed by atoms with Crippen molar-refractivity contribution in [2.24, 2.45) is 10.9 Å². The van der Waals surface area contributed by atoms with Gasteiger partial charge in [-0.05, 0) is 38.7 Å². The number of rotatable bonds is 3. The number of hydrogen-bond acceptors (Lipinski definition) is 3. The second-order valence-corrected chi connectivity index (χ2v) is 6.29. The van der Waals surface area contributed by atoms with Gasteiger partial charge in [-0.25, -0.2) is 4.79 Å². The normalized spacial score (nSPS) is 22.5. The molecular weight excluding hydrogens is 250 g/mol. The standard InChI is InChI=1S/C17H23NO2/c1-5-12-11-14(13-9-7-6-8-10-13)18-15(12)16(19)20-17(2,3)4/h6-10,12,15H,5,11H2,1-4H3/t12-,15+/m1/s1. The first-order valence-corrected chi connectivity index (χ1v) is 7.25. The van der Waals surface area contributed by atoms with Gasteiger partial charge in [0, 0.05) is 5.71 Å². The number of ether oxygens (including phenoxy) is 1. The second-order valence-electron chi connectivity index (χ2n) is 6.29. The molecule has 0 aliphatic carbocycles. The molecule has 0 radical (unpaired) electrons. The summed E-state index contributed by atoms with van der Waals surface area (Å²) in [5.41, 5.74) is 1.67. The summed E-state index contributed by atoms with van der Waals surface area (Å²) in [6.07, 6.45) is 1.79. The topological polar surface area (TPSA) is 38.7 Å². The van der Waals surface area contributed by atoms with E-state index in [1.54, 1.807) is 0 Å². The minimum atomic E-state index is -0.458. The van der Waals surface area contributed by atoms with E-state index >= 15 is 0 Å². The van der Waals surface area contributed by atoms with Crippen LogP contribution < -0.4 is 0 Å². The van der Waals surface area contributed by atoms with Crippen molar-refractivity contribution in [3.63, 3.8) is 0 Å². The first kappa shape index (κ1) is 14.8. The Bertz CT molecular complexity index is 499. The van der Waals surface area contributed by atoms with E-state index in [1.165, 1.54) is 0 Å². The van der Waals surface area contributed by atoms with E-state index in [1.807, 2.05) is 51.1 Å². The molecule has 0 N–H and O–H groups in total. The minimum Gasteiger partial charge on any atom is -0.458 e. The predicted molar refractivity (Wildman–Crippen MR) is 81.0 cm³/mol. The third kappa shape index (κ3) is 3.47. The lowest BCUT2D eigenvalue weighted by molar-refractivity contribution is -0.157. The highest BCUT2D eigenvalue weighted by Gasteiger charge is 2.36. The third-order valence-electron chi connectivity index (χ3n) is 3.48. The largest absolute Gasteiger partial charge is 0.458 e. The van der Waals surface area contributed by atoms with Crippen LogP contribution >= 0.6 is 0 Å². The van der Waals surface area contributed by atoms with E-state index in [4.69, 9.17) is 4.74 Å². The summed E-state index contributed by atoms with van der Waals surface area (Å²) in [5.74, 6) is 0.0512. The third-order valence-corrected chi connectivity index (χ3v) is 3.48. The summed E-state index contributed by atoms with van der Waals surface area (Å²) in [5, 5.41) is 0. The molecule has 1 aromatic rings. The Labute approximate surface area is 121 Å². The molecule has 20 heavy (non-hydrogen) atoms. The van der Waals surface area contributed by atoms with Gasteiger partial charge in [0.05, 0.1) is 0 Å². The zero-order valence-corrected chi connectivity index (χ0v) is 12.7. The number of carbonyl (C=O) groups excluding carboxylic acids is 1. The Morgan fingerprint density at radius 3 is 2.50 bits per heavy atom. The molecular formula is C17H23NO2. The molecule has 1 aliphatic rings. The van der Waals surface area contributed by atoms with Gasteiger partial charge in [0.1, 0.15) is 5.60 Å². The number of aliphatic imine (C=N–C) groups is 1. The van der Waals surface area contributed by atoms with Crippen molar-refractivity contribution in [1.29, 1.82) is 0 Å². The fourth-order valence-corrected chi connectivity index (χ4v) is 2.48. The van der Waals surface area contributed by atoms with Gasteiger partial charge in [-0.3, -0.25) is 4.99 Å². The average molecular weight is 273 g/mol. The van der Waals surface area contributed by atoms with Crippen molar-refractivity contribution >= 4 is 11.7 Å². The Kier molecular flexibility index (Phi) is 4.26. The van der Waals surface area contributed by atoms with E-state index in [-0.39, 0.29) is 17.9 Å². The Morgan fingerprint density at radius 2 is 1.95 bits per heavy atom. The molecule has 1 heterocycles. The molecule has 0 aromatic heterocycles. The Hall–Kier alpha value is -1.64. The lowest BCUT2D eigenvalue weighted by Gasteiger charge is -2.23. The van der Waals surface area contributed by atoms with Crippen LogP contribution in [0.25, 0.3) is 0 Å². The highest BCUT2D eigenvalue weighted by Crippen LogP contribution is 2.29. The molecule has 0 unspecified atom stereocenters. The van der Waals surface area contributed by atoms with E-state index in [2.05, 4.69) is 11.9 Å². The van der Waals surface area contributed by atoms with Gasteiger partial charge in [-0.15, -0.1) is 0 Å². The van der Waals surface area contributed by atoms with Crippen LogP contribution in [-0.2, 0) is 9.53 Å². The van der Waals surface area contributed by atoms with Crippen LogP contribution in [0.2, 0.25) is 0 Å². The maximum absolute atomic E-state index is 12.3. The van der Waals surface area contributed by atoms with E-state index in [0.29, 0.717) is 0 Å². The molecule has 1 aromatic carbocycles. The van der Waals surface area contributed by atoms with Crippen LogP contribution in [0, 0.1) is 5.92 Å². The molecule has 2 rings (SSSR count). The number of nitrogens with zero attached hydrogens (tertiary/aromatic N) is 1. The molecule has 1 aliphatic heterocycles. The van der Waals surface area contributed by atoms with Crippen LogP contribution in [0.1, 0.15) is 46.1 Å². The molecule has 2 atom stereocenters. The number of benzene rings is 1. The Balaban J connectivity index is 2.19. The first-order valence-electron chi connectivity index (χ1n) is 7.25. The van der Waals surface area contributed by atoms with Crippen LogP contribution in [-0.4, -0.2) is 23.3 Å². The van der Waals surface area contributed by atoms with Gasteiger partial charge in [0.2, 0.25) is 0 Å². The molecule has 0 amide bonds. The fraction of sp³-hybridized carbons (Fsp3) is 0.529. The minimum absolute atomic E-state index is 0.199. The van der Waals surface area contributed by atoms with Crippen molar-refractivity contribution in [2.75, 3.05) is 0 Å². The number of carbonyl (C=O) groups is 1. The molecule has 0 fully saturated rings. The predicted octanol–water partition coefficient (Wildman–Crippen LogP) is 3.62. The van der Waals surface area contributed by atoms with Gasteiger partial charge in [0.25, 0.3) is 0 Å². The summed E-state index contributed by atoms with van der Waals surface area (Å²) >= 11 is 0. The van der Waals surface area contributed by atoms with Gasteiger partial charge in [-0.2, -0.15) is 0 Å². The van der Waals surface area contributed by atoms with Crippen molar-refractivity contribution in [1.82, 2.24) is 0 Å². The van der Waals surface area contributed by atoms with Gasteiger partial charge < -0.3 is 4.74 Å². The summed E-state index contributed by atoms with van der Waals surface area (Å²) in [6, 6.07) is 9.72. The number of esters is 1. The van der Waals surface area contributed by atoms with Crippen LogP contribution in [0.3, 0.4) is 0 Å². The van der Waals surface area contributed by atoms with Crippen LogP contribution in [0.15, 0.2) is 35.3 Å². The van der Waals surface area contributed by atoms with Crippen molar-refractivity contribution < 1.29 is 9.53 Å². The summed E-state index contributed by atoms with van der Waals surface area (Å²) in [6.45, 7) is 7.78. The summed E-state index contributed by atoms with van der Waals surface area (Å²) in [4.78, 5) is 16.9. The lowest BCUT2D eigenvalue weighted by Crippen LogP contribution is -2.33. The monoisotopic (exact) mass is 273 g/mol. The molecule has 0 saturated carbocycles. The van der Waals surface area contributed by atoms with Gasteiger partial charge in [0.15, 0.2) is 6.04 Å². The van der Waals surface area contributed by atoms with Crippen LogP contribution in [0.4, 0.5) is 0 Å². The van der Waals surface area contributed by atoms with Gasteiger partial charge >= 0.3 is 5.97 Å². The highest BCUT2D eigenvalue weighted by atomic mass is 16.6. The average Bonchev–Trinajstić information content (AvgIpc) is 2.82.